The summed E-state index contributed by atoms with van der Waals surface area (Å²) in [4.78, 5) is 4.13. The molecule has 2 aromatic rings. The largest absolute Gasteiger partial charge is 0.310 e. The van der Waals surface area contributed by atoms with Crippen LogP contribution in [0.15, 0.2) is 53.3 Å². The highest BCUT2D eigenvalue weighted by Gasteiger charge is 2.30. The average Bonchev–Trinajstić information content (AvgIpc) is 2.40. The summed E-state index contributed by atoms with van der Waals surface area (Å²) in [6.45, 7) is 0.918. The van der Waals surface area contributed by atoms with E-state index in [1.807, 2.05) is 18.5 Å². The third-order valence-electron chi connectivity index (χ3n) is 3.80. The Morgan fingerprint density at radius 1 is 1.16 bits per heavy atom. The molecule has 1 N–H and O–H groups in total. The molecule has 1 aliphatic rings. The number of hydrogen-bond donors (Lipinski definition) is 1. The van der Waals surface area contributed by atoms with Crippen LogP contribution in [-0.4, -0.2) is 11.0 Å². The Morgan fingerprint density at radius 3 is 2.74 bits per heavy atom. The van der Waals surface area contributed by atoms with Gasteiger partial charge in [-0.15, -0.1) is 0 Å². The van der Waals surface area contributed by atoms with E-state index in [1.165, 1.54) is 28.4 Å². The molecule has 98 valence electrons. The number of hydrogen-bond acceptors (Lipinski definition) is 2. The molecule has 3 heteroatoms. The number of rotatable bonds is 4. The Labute approximate surface area is 122 Å². The molecule has 0 unspecified atom stereocenters. The van der Waals surface area contributed by atoms with Crippen molar-refractivity contribution in [3.05, 3.63) is 64.4 Å². The summed E-state index contributed by atoms with van der Waals surface area (Å²) in [7, 11) is 0. The van der Waals surface area contributed by atoms with Crippen molar-refractivity contribution in [3.63, 3.8) is 0 Å². The van der Waals surface area contributed by atoms with Gasteiger partial charge in [0.15, 0.2) is 0 Å². The molecule has 1 fully saturated rings. The summed E-state index contributed by atoms with van der Waals surface area (Å²) in [5, 5.41) is 3.60. The van der Waals surface area contributed by atoms with E-state index in [4.69, 9.17) is 0 Å². The van der Waals surface area contributed by atoms with Gasteiger partial charge in [-0.3, -0.25) is 4.98 Å². The van der Waals surface area contributed by atoms with Crippen molar-refractivity contribution >= 4 is 15.9 Å². The summed E-state index contributed by atoms with van der Waals surface area (Å²) in [6.07, 6.45) is 6.19. The van der Waals surface area contributed by atoms with Crippen molar-refractivity contribution in [2.45, 2.75) is 31.3 Å². The molecule has 0 bridgehead atoms. The van der Waals surface area contributed by atoms with Crippen LogP contribution in [0.2, 0.25) is 0 Å². The molecular formula is C16H17BrN2. The minimum absolute atomic E-state index is 0.636. The van der Waals surface area contributed by atoms with Gasteiger partial charge in [-0.05, 0) is 42.0 Å². The molecule has 1 aromatic heterocycles. The van der Waals surface area contributed by atoms with Crippen LogP contribution in [0.25, 0.3) is 0 Å². The molecule has 0 spiro atoms. The zero-order valence-electron chi connectivity index (χ0n) is 10.7. The van der Waals surface area contributed by atoms with Crippen molar-refractivity contribution in [1.29, 1.82) is 0 Å². The minimum atomic E-state index is 0.636. The lowest BCUT2D eigenvalue weighted by Gasteiger charge is -2.37. The fourth-order valence-electron chi connectivity index (χ4n) is 2.61. The Bertz CT molecular complexity index is 535. The van der Waals surface area contributed by atoms with Crippen LogP contribution in [0.5, 0.6) is 0 Å². The lowest BCUT2D eigenvalue weighted by molar-refractivity contribution is 0.289. The predicted molar refractivity (Wildman–Crippen MR) is 81.0 cm³/mol. The summed E-state index contributed by atoms with van der Waals surface area (Å²) >= 11 is 3.64. The van der Waals surface area contributed by atoms with Gasteiger partial charge in [-0.1, -0.05) is 40.2 Å². The van der Waals surface area contributed by atoms with E-state index >= 15 is 0 Å². The van der Waals surface area contributed by atoms with Gasteiger partial charge in [0.1, 0.15) is 0 Å². The first kappa shape index (κ1) is 12.8. The predicted octanol–water partition coefficient (Wildman–Crippen LogP) is 3.88. The van der Waals surface area contributed by atoms with Gasteiger partial charge in [0, 0.05) is 29.5 Å². The Morgan fingerprint density at radius 2 is 2.00 bits per heavy atom. The molecule has 0 amide bonds. The van der Waals surface area contributed by atoms with Gasteiger partial charge in [0.25, 0.3) is 0 Å². The standard InChI is InChI=1S/C16H17BrN2/c17-16-6-2-1-5-15(16)13-8-14(9-13)19-11-12-4-3-7-18-10-12/h1-7,10,13-14,19H,8-9,11H2. The highest BCUT2D eigenvalue weighted by molar-refractivity contribution is 9.10. The Hall–Kier alpha value is -1.19. The van der Waals surface area contributed by atoms with Crippen LogP contribution in [0.3, 0.4) is 0 Å². The van der Waals surface area contributed by atoms with Gasteiger partial charge in [0.05, 0.1) is 0 Å². The van der Waals surface area contributed by atoms with Crippen LogP contribution in [0, 0.1) is 0 Å². The van der Waals surface area contributed by atoms with E-state index in [2.05, 4.69) is 56.6 Å². The van der Waals surface area contributed by atoms with Crippen LogP contribution in [-0.2, 0) is 6.54 Å². The smallest absolute Gasteiger partial charge is 0.0312 e. The van der Waals surface area contributed by atoms with Crippen LogP contribution in [0.4, 0.5) is 0 Å². The lowest BCUT2D eigenvalue weighted by Crippen LogP contribution is -2.39. The van der Waals surface area contributed by atoms with E-state index in [0.717, 1.165) is 6.54 Å². The number of aromatic nitrogens is 1. The molecule has 0 aliphatic heterocycles. The molecule has 19 heavy (non-hydrogen) atoms. The van der Waals surface area contributed by atoms with Crippen LogP contribution < -0.4 is 5.32 Å². The molecule has 1 heterocycles. The Kier molecular flexibility index (Phi) is 3.95. The highest BCUT2D eigenvalue weighted by Crippen LogP contribution is 2.39. The molecule has 1 saturated carbocycles. The summed E-state index contributed by atoms with van der Waals surface area (Å²) in [6, 6.07) is 13.3. The quantitative estimate of drug-likeness (QED) is 0.926. The van der Waals surface area contributed by atoms with Gasteiger partial charge in [0.2, 0.25) is 0 Å². The highest BCUT2D eigenvalue weighted by atomic mass is 79.9. The number of benzene rings is 1. The summed E-state index contributed by atoms with van der Waals surface area (Å²) in [5.74, 6) is 0.696. The zero-order valence-corrected chi connectivity index (χ0v) is 12.3. The zero-order chi connectivity index (χ0) is 13.1. The lowest BCUT2D eigenvalue weighted by atomic mass is 9.76. The number of halogens is 1. The van der Waals surface area contributed by atoms with Crippen molar-refractivity contribution in [3.8, 4) is 0 Å². The molecular weight excluding hydrogens is 300 g/mol. The molecule has 1 aromatic carbocycles. The topological polar surface area (TPSA) is 24.9 Å². The van der Waals surface area contributed by atoms with Crippen molar-refractivity contribution in [1.82, 2.24) is 10.3 Å². The third-order valence-corrected chi connectivity index (χ3v) is 4.52. The fraction of sp³-hybridized carbons (Fsp3) is 0.312. The molecule has 0 atom stereocenters. The number of pyridine rings is 1. The third kappa shape index (κ3) is 3.04. The second-order valence-corrected chi connectivity index (χ2v) is 5.98. The molecule has 0 saturated heterocycles. The SMILES string of the molecule is Brc1ccccc1C1CC(NCc2cccnc2)C1. The van der Waals surface area contributed by atoms with Gasteiger partial charge in [-0.2, -0.15) is 0 Å². The van der Waals surface area contributed by atoms with Crippen molar-refractivity contribution in [2.75, 3.05) is 0 Å². The monoisotopic (exact) mass is 316 g/mol. The molecule has 1 aliphatic carbocycles. The number of nitrogens with one attached hydrogen (secondary N) is 1. The van der Waals surface area contributed by atoms with Gasteiger partial charge >= 0.3 is 0 Å². The summed E-state index contributed by atoms with van der Waals surface area (Å²) < 4.78 is 1.24. The maximum atomic E-state index is 4.13. The first-order valence-corrected chi connectivity index (χ1v) is 7.49. The molecule has 2 nitrogen and oxygen atoms in total. The number of nitrogens with zero attached hydrogens (tertiary/aromatic N) is 1. The first-order chi connectivity index (χ1) is 9.33. The molecule has 0 radical (unpaired) electrons. The normalized spacial score (nSPS) is 21.9. The van der Waals surface area contributed by atoms with Gasteiger partial charge < -0.3 is 5.32 Å². The second-order valence-electron chi connectivity index (χ2n) is 5.13. The van der Waals surface area contributed by atoms with Crippen LogP contribution >= 0.6 is 15.9 Å². The second kappa shape index (κ2) is 5.85. The van der Waals surface area contributed by atoms with E-state index < -0.39 is 0 Å². The molecule has 3 rings (SSSR count). The Balaban J connectivity index is 1.50. The average molecular weight is 317 g/mol. The minimum Gasteiger partial charge on any atom is -0.310 e. The maximum absolute atomic E-state index is 4.13. The maximum Gasteiger partial charge on any atom is 0.0312 e. The summed E-state index contributed by atoms with van der Waals surface area (Å²) in [5.41, 5.74) is 2.70. The van der Waals surface area contributed by atoms with E-state index in [-0.39, 0.29) is 0 Å². The van der Waals surface area contributed by atoms with Gasteiger partial charge in [-0.25, -0.2) is 0 Å². The van der Waals surface area contributed by atoms with E-state index in [9.17, 15) is 0 Å². The van der Waals surface area contributed by atoms with E-state index in [0.29, 0.717) is 12.0 Å². The van der Waals surface area contributed by atoms with Crippen LogP contribution in [0.1, 0.15) is 29.9 Å². The van der Waals surface area contributed by atoms with Crippen molar-refractivity contribution in [2.24, 2.45) is 0 Å². The van der Waals surface area contributed by atoms with E-state index in [1.54, 1.807) is 0 Å². The first-order valence-electron chi connectivity index (χ1n) is 6.69. The van der Waals surface area contributed by atoms with Crippen molar-refractivity contribution < 1.29 is 0 Å². The fourth-order valence-corrected chi connectivity index (χ4v) is 3.22.